The van der Waals surface area contributed by atoms with Crippen molar-refractivity contribution >= 4 is 5.91 Å². The molecule has 1 N–H and O–H groups in total. The van der Waals surface area contributed by atoms with Crippen LogP contribution in [0.3, 0.4) is 0 Å². The van der Waals surface area contributed by atoms with Crippen LogP contribution in [0.1, 0.15) is 45.1 Å². The molecule has 0 spiro atoms. The zero-order valence-corrected chi connectivity index (χ0v) is 12.7. The molecule has 1 rings (SSSR count). The minimum absolute atomic E-state index is 0.0689. The highest BCUT2D eigenvalue weighted by Crippen LogP contribution is 2.27. The second kappa shape index (κ2) is 8.00. The monoisotopic (exact) mass is 318 g/mol. The van der Waals surface area contributed by atoms with Crippen molar-refractivity contribution in [1.29, 1.82) is 0 Å². The van der Waals surface area contributed by atoms with Gasteiger partial charge in [-0.25, -0.2) is 0 Å². The summed E-state index contributed by atoms with van der Waals surface area (Å²) in [5, 5.41) is 2.69. The van der Waals surface area contributed by atoms with Crippen LogP contribution in [-0.4, -0.2) is 16.5 Å². The lowest BCUT2D eigenvalue weighted by atomic mass is 10.1. The molecule has 4 nitrogen and oxygen atoms in total. The van der Waals surface area contributed by atoms with Gasteiger partial charge < -0.3 is 9.88 Å². The molecule has 124 valence electrons. The number of hydrogen-bond donors (Lipinski definition) is 1. The lowest BCUT2D eigenvalue weighted by Crippen LogP contribution is -2.37. The summed E-state index contributed by atoms with van der Waals surface area (Å²) in [6.07, 6.45) is 0.0369. The van der Waals surface area contributed by atoms with Crippen molar-refractivity contribution in [3.05, 3.63) is 34.2 Å². The third-order valence-corrected chi connectivity index (χ3v) is 3.27. The number of pyridine rings is 1. The molecule has 0 aliphatic carbocycles. The summed E-state index contributed by atoms with van der Waals surface area (Å²) in [5.41, 5.74) is -1.59. The highest BCUT2D eigenvalue weighted by molar-refractivity contribution is 5.76. The van der Waals surface area contributed by atoms with Crippen LogP contribution in [0.2, 0.25) is 0 Å². The highest BCUT2D eigenvalue weighted by atomic mass is 19.4. The van der Waals surface area contributed by atoms with E-state index >= 15 is 0 Å². The number of alkyl halides is 3. The number of nitrogens with one attached hydrogen (secondary N) is 1. The topological polar surface area (TPSA) is 51.1 Å². The maximum Gasteiger partial charge on any atom is 0.417 e. The Morgan fingerprint density at radius 3 is 2.59 bits per heavy atom. The van der Waals surface area contributed by atoms with E-state index < -0.39 is 29.8 Å². The first-order valence-corrected chi connectivity index (χ1v) is 7.31. The van der Waals surface area contributed by atoms with Crippen LogP contribution in [0.5, 0.6) is 0 Å². The summed E-state index contributed by atoms with van der Waals surface area (Å²) >= 11 is 0. The average molecular weight is 318 g/mol. The van der Waals surface area contributed by atoms with Crippen LogP contribution < -0.4 is 10.9 Å². The molecule has 1 amide bonds. The van der Waals surface area contributed by atoms with Crippen molar-refractivity contribution in [2.24, 2.45) is 0 Å². The molecule has 0 aliphatic rings. The minimum atomic E-state index is -4.54. The van der Waals surface area contributed by atoms with E-state index in [1.807, 2.05) is 6.92 Å². The normalized spacial score (nSPS) is 13.0. The van der Waals surface area contributed by atoms with E-state index in [2.05, 4.69) is 12.2 Å². The number of carbonyl (C=O) groups excluding carboxylic acids is 1. The third-order valence-electron chi connectivity index (χ3n) is 3.27. The fourth-order valence-electron chi connectivity index (χ4n) is 2.07. The van der Waals surface area contributed by atoms with Gasteiger partial charge in [0.05, 0.1) is 5.56 Å². The van der Waals surface area contributed by atoms with Gasteiger partial charge in [0.15, 0.2) is 0 Å². The number of halogens is 3. The molecular formula is C15H21F3N2O2. The number of nitrogens with zero attached hydrogens (tertiary/aromatic N) is 1. The summed E-state index contributed by atoms with van der Waals surface area (Å²) in [6.45, 7) is 3.49. The molecule has 0 saturated heterocycles. The van der Waals surface area contributed by atoms with E-state index in [4.69, 9.17) is 0 Å². The minimum Gasteiger partial charge on any atom is -0.352 e. The van der Waals surface area contributed by atoms with Gasteiger partial charge in [0, 0.05) is 18.3 Å². The SMILES string of the molecule is CCCCC[C@@H](C)NC(=O)Cn1cc(C(F)(F)F)ccc1=O. The fourth-order valence-corrected chi connectivity index (χ4v) is 2.07. The Kier molecular flexibility index (Phi) is 6.64. The molecule has 0 unspecified atom stereocenters. The van der Waals surface area contributed by atoms with Crippen molar-refractivity contribution in [3.8, 4) is 0 Å². The summed E-state index contributed by atoms with van der Waals surface area (Å²) < 4.78 is 38.6. The number of unbranched alkanes of at least 4 members (excludes halogenated alkanes) is 2. The number of amides is 1. The predicted octanol–water partition coefficient (Wildman–Crippen LogP) is 2.95. The number of hydrogen-bond acceptors (Lipinski definition) is 2. The molecule has 0 fully saturated rings. The van der Waals surface area contributed by atoms with E-state index in [0.717, 1.165) is 36.3 Å². The van der Waals surface area contributed by atoms with Crippen LogP contribution in [0.25, 0.3) is 0 Å². The van der Waals surface area contributed by atoms with E-state index in [0.29, 0.717) is 12.3 Å². The molecule has 0 saturated carbocycles. The van der Waals surface area contributed by atoms with Crippen LogP contribution in [-0.2, 0) is 17.5 Å². The van der Waals surface area contributed by atoms with E-state index in [1.54, 1.807) is 0 Å². The molecule has 1 atom stereocenters. The molecule has 0 aliphatic heterocycles. The lowest BCUT2D eigenvalue weighted by molar-refractivity contribution is -0.138. The Bertz CT molecular complexity index is 552. The zero-order chi connectivity index (χ0) is 16.8. The van der Waals surface area contributed by atoms with Gasteiger partial charge in [0.1, 0.15) is 6.54 Å². The summed E-state index contributed by atoms with van der Waals surface area (Å²) in [4.78, 5) is 23.4. The largest absolute Gasteiger partial charge is 0.417 e. The molecule has 0 aromatic carbocycles. The Morgan fingerprint density at radius 1 is 1.32 bits per heavy atom. The zero-order valence-electron chi connectivity index (χ0n) is 12.7. The van der Waals surface area contributed by atoms with Crippen LogP contribution in [0.15, 0.2) is 23.1 Å². The molecule has 1 aromatic heterocycles. The van der Waals surface area contributed by atoms with Gasteiger partial charge in [-0.2, -0.15) is 13.2 Å². The molecule has 22 heavy (non-hydrogen) atoms. The number of aromatic nitrogens is 1. The molecule has 0 radical (unpaired) electrons. The summed E-state index contributed by atoms with van der Waals surface area (Å²) in [6, 6.07) is 1.46. The van der Waals surface area contributed by atoms with E-state index in [1.165, 1.54) is 0 Å². The Balaban J connectivity index is 2.66. The second-order valence-electron chi connectivity index (χ2n) is 5.35. The predicted molar refractivity (Wildman–Crippen MR) is 77.5 cm³/mol. The average Bonchev–Trinajstić information content (AvgIpc) is 2.40. The third kappa shape index (κ3) is 5.91. The van der Waals surface area contributed by atoms with Crippen LogP contribution in [0, 0.1) is 0 Å². The Hall–Kier alpha value is -1.79. The van der Waals surface area contributed by atoms with Crippen molar-refractivity contribution in [2.45, 2.75) is 58.3 Å². The van der Waals surface area contributed by atoms with Crippen LogP contribution >= 0.6 is 0 Å². The first-order chi connectivity index (χ1) is 10.2. The van der Waals surface area contributed by atoms with Gasteiger partial charge >= 0.3 is 6.18 Å². The van der Waals surface area contributed by atoms with Crippen molar-refractivity contribution in [1.82, 2.24) is 9.88 Å². The van der Waals surface area contributed by atoms with Crippen molar-refractivity contribution in [2.75, 3.05) is 0 Å². The molecule has 1 heterocycles. The summed E-state index contributed by atoms with van der Waals surface area (Å²) in [7, 11) is 0. The number of rotatable bonds is 7. The Morgan fingerprint density at radius 2 is 2.00 bits per heavy atom. The Labute approximate surface area is 127 Å². The highest BCUT2D eigenvalue weighted by Gasteiger charge is 2.31. The fraction of sp³-hybridized carbons (Fsp3) is 0.600. The van der Waals surface area contributed by atoms with Gasteiger partial charge in [-0.15, -0.1) is 0 Å². The van der Waals surface area contributed by atoms with Crippen LogP contribution in [0.4, 0.5) is 13.2 Å². The summed E-state index contributed by atoms with van der Waals surface area (Å²) in [5.74, 6) is -0.467. The first kappa shape index (κ1) is 18.3. The first-order valence-electron chi connectivity index (χ1n) is 7.31. The van der Waals surface area contributed by atoms with E-state index in [-0.39, 0.29) is 6.04 Å². The molecule has 1 aromatic rings. The van der Waals surface area contributed by atoms with Gasteiger partial charge in [-0.3, -0.25) is 9.59 Å². The molecule has 0 bridgehead atoms. The smallest absolute Gasteiger partial charge is 0.352 e. The van der Waals surface area contributed by atoms with Gasteiger partial charge in [0.25, 0.3) is 5.56 Å². The van der Waals surface area contributed by atoms with Gasteiger partial charge in [0.2, 0.25) is 5.91 Å². The van der Waals surface area contributed by atoms with E-state index in [9.17, 15) is 22.8 Å². The number of carbonyl (C=O) groups is 1. The quantitative estimate of drug-likeness (QED) is 0.786. The maximum absolute atomic E-state index is 12.6. The molecular weight excluding hydrogens is 297 g/mol. The van der Waals surface area contributed by atoms with Crippen molar-refractivity contribution in [3.63, 3.8) is 0 Å². The standard InChI is InChI=1S/C15H21F3N2O2/c1-3-4-5-6-11(2)19-13(21)10-20-9-12(15(16,17)18)7-8-14(20)22/h7-9,11H,3-6,10H2,1-2H3,(H,19,21)/t11-/m1/s1. The molecule has 7 heteroatoms. The second-order valence-corrected chi connectivity index (χ2v) is 5.35. The van der Waals surface area contributed by atoms with Gasteiger partial charge in [-0.05, 0) is 19.4 Å². The van der Waals surface area contributed by atoms with Gasteiger partial charge in [-0.1, -0.05) is 26.2 Å². The lowest BCUT2D eigenvalue weighted by Gasteiger charge is -2.15. The van der Waals surface area contributed by atoms with Crippen molar-refractivity contribution < 1.29 is 18.0 Å². The maximum atomic E-state index is 12.6.